The Morgan fingerprint density at radius 2 is 2.00 bits per heavy atom. The Balaban J connectivity index is 1.40. The topological polar surface area (TPSA) is 54.3 Å². The van der Waals surface area contributed by atoms with Crippen LogP contribution in [-0.2, 0) is 11.3 Å². The number of rotatable bonds is 3. The van der Waals surface area contributed by atoms with Crippen LogP contribution >= 0.6 is 35.6 Å². The van der Waals surface area contributed by atoms with Crippen LogP contribution in [0.3, 0.4) is 0 Å². The molecule has 2 aliphatic rings. The summed E-state index contributed by atoms with van der Waals surface area (Å²) in [6, 6.07) is 12.7. The molecule has 3 heterocycles. The number of pyridine rings is 1. The molecule has 1 aromatic heterocycles. The van der Waals surface area contributed by atoms with E-state index in [1.165, 1.54) is 11.8 Å². The number of anilines is 1. The van der Waals surface area contributed by atoms with Crippen molar-refractivity contribution in [2.45, 2.75) is 31.1 Å². The SMILES string of the molecule is C[C@H](SC(=S)N1C[C@H]2C[C@@H](C1)c1cccc(=O)n1C2)C(=O)Nc1ccccc1Cl. The maximum absolute atomic E-state index is 12.6. The predicted molar refractivity (Wildman–Crippen MR) is 123 cm³/mol. The summed E-state index contributed by atoms with van der Waals surface area (Å²) >= 11 is 13.2. The van der Waals surface area contributed by atoms with Crippen molar-refractivity contribution in [2.24, 2.45) is 5.92 Å². The van der Waals surface area contributed by atoms with Crippen LogP contribution in [0.5, 0.6) is 0 Å². The number of piperidine rings is 1. The zero-order valence-electron chi connectivity index (χ0n) is 16.0. The average Bonchev–Trinajstić information content (AvgIpc) is 2.70. The summed E-state index contributed by atoms with van der Waals surface area (Å²) in [5.41, 5.74) is 1.77. The molecule has 1 N–H and O–H groups in total. The second kappa shape index (κ2) is 8.50. The summed E-state index contributed by atoms with van der Waals surface area (Å²) in [7, 11) is 0. The standard InChI is InChI=1S/C21H22ClN3O2S2/c1-13(20(27)23-17-6-3-2-5-16(17)22)29-21(28)24-10-14-9-15(12-24)18-7-4-8-19(26)25(18)11-14/h2-8,13-15H,9-12H2,1H3,(H,23,27)/t13-,14+,15-/m0/s1. The third-order valence-electron chi connectivity index (χ3n) is 5.52. The van der Waals surface area contributed by atoms with E-state index in [9.17, 15) is 9.59 Å². The van der Waals surface area contributed by atoms with Crippen molar-refractivity contribution < 1.29 is 4.79 Å². The van der Waals surface area contributed by atoms with Gasteiger partial charge in [-0.15, -0.1) is 0 Å². The largest absolute Gasteiger partial charge is 0.356 e. The Morgan fingerprint density at radius 1 is 1.21 bits per heavy atom. The maximum atomic E-state index is 12.6. The molecule has 4 rings (SSSR count). The van der Waals surface area contributed by atoms with E-state index >= 15 is 0 Å². The van der Waals surface area contributed by atoms with E-state index in [4.69, 9.17) is 23.8 Å². The highest BCUT2D eigenvalue weighted by atomic mass is 35.5. The summed E-state index contributed by atoms with van der Waals surface area (Å²) in [5, 5.41) is 3.04. The van der Waals surface area contributed by atoms with Crippen molar-refractivity contribution >= 4 is 51.5 Å². The number of para-hydroxylation sites is 1. The van der Waals surface area contributed by atoms with E-state index in [-0.39, 0.29) is 16.7 Å². The second-order valence-corrected chi connectivity index (χ2v) is 9.98. The van der Waals surface area contributed by atoms with Crippen molar-refractivity contribution in [3.63, 3.8) is 0 Å². The molecule has 8 heteroatoms. The molecular formula is C21H22ClN3O2S2. The number of nitrogens with zero attached hydrogens (tertiary/aromatic N) is 2. The lowest BCUT2D eigenvalue weighted by atomic mass is 9.83. The van der Waals surface area contributed by atoms with Gasteiger partial charge in [0.1, 0.15) is 4.32 Å². The third-order valence-corrected chi connectivity index (χ3v) is 7.42. The van der Waals surface area contributed by atoms with Gasteiger partial charge in [0.15, 0.2) is 0 Å². The van der Waals surface area contributed by atoms with Crippen LogP contribution in [0.4, 0.5) is 5.69 Å². The lowest BCUT2D eigenvalue weighted by Gasteiger charge is -2.43. The number of fused-ring (bicyclic) bond motifs is 4. The van der Waals surface area contributed by atoms with Gasteiger partial charge in [0.25, 0.3) is 5.56 Å². The van der Waals surface area contributed by atoms with Gasteiger partial charge in [-0.3, -0.25) is 9.59 Å². The molecule has 1 fully saturated rings. The Labute approximate surface area is 184 Å². The van der Waals surface area contributed by atoms with Gasteiger partial charge in [-0.25, -0.2) is 0 Å². The van der Waals surface area contributed by atoms with Crippen LogP contribution in [0.2, 0.25) is 5.02 Å². The number of carbonyl (C=O) groups is 1. The first-order valence-corrected chi connectivity index (χ1v) is 11.3. The zero-order chi connectivity index (χ0) is 20.5. The summed E-state index contributed by atoms with van der Waals surface area (Å²) in [6.45, 7) is 4.19. The van der Waals surface area contributed by atoms with Gasteiger partial charge in [-0.2, -0.15) is 0 Å². The molecule has 0 spiro atoms. The molecule has 1 aromatic carbocycles. The Morgan fingerprint density at radius 3 is 2.79 bits per heavy atom. The number of aromatic nitrogens is 1. The molecule has 0 unspecified atom stereocenters. The van der Waals surface area contributed by atoms with Crippen molar-refractivity contribution in [1.29, 1.82) is 0 Å². The molecule has 3 atom stereocenters. The zero-order valence-corrected chi connectivity index (χ0v) is 18.4. The van der Waals surface area contributed by atoms with Gasteiger partial charge >= 0.3 is 0 Å². The lowest BCUT2D eigenvalue weighted by molar-refractivity contribution is -0.115. The summed E-state index contributed by atoms with van der Waals surface area (Å²) in [6.07, 6.45) is 1.08. The number of thioether (sulfide) groups is 1. The molecule has 2 bridgehead atoms. The molecule has 5 nitrogen and oxygen atoms in total. The molecule has 2 aliphatic heterocycles. The number of likely N-dealkylation sites (tertiary alicyclic amines) is 1. The summed E-state index contributed by atoms with van der Waals surface area (Å²) < 4.78 is 2.64. The predicted octanol–water partition coefficient (Wildman–Crippen LogP) is 3.97. The minimum atomic E-state index is -0.338. The Kier molecular flexibility index (Phi) is 5.99. The van der Waals surface area contributed by atoms with E-state index < -0.39 is 0 Å². The fraction of sp³-hybridized carbons (Fsp3) is 0.381. The van der Waals surface area contributed by atoms with Crippen LogP contribution in [-0.4, -0.2) is 38.0 Å². The fourth-order valence-electron chi connectivity index (χ4n) is 4.12. The first-order valence-electron chi connectivity index (χ1n) is 9.63. The van der Waals surface area contributed by atoms with Gasteiger partial charge in [0.05, 0.1) is 16.0 Å². The lowest BCUT2D eigenvalue weighted by Crippen LogP contribution is -2.48. The monoisotopic (exact) mass is 447 g/mol. The van der Waals surface area contributed by atoms with Crippen molar-refractivity contribution in [3.05, 3.63) is 63.5 Å². The summed E-state index contributed by atoms with van der Waals surface area (Å²) in [4.78, 5) is 26.9. The first kappa shape index (κ1) is 20.4. The van der Waals surface area contributed by atoms with Crippen LogP contribution in [0.25, 0.3) is 0 Å². The van der Waals surface area contributed by atoms with Crippen LogP contribution < -0.4 is 10.9 Å². The molecule has 0 saturated carbocycles. The molecule has 152 valence electrons. The molecule has 0 radical (unpaired) electrons. The highest BCUT2D eigenvalue weighted by Crippen LogP contribution is 2.36. The number of amides is 1. The van der Waals surface area contributed by atoms with E-state index in [1.54, 1.807) is 18.2 Å². The Hall–Kier alpha value is -1.83. The molecule has 29 heavy (non-hydrogen) atoms. The minimum Gasteiger partial charge on any atom is -0.356 e. The van der Waals surface area contributed by atoms with E-state index in [0.29, 0.717) is 22.5 Å². The van der Waals surface area contributed by atoms with Crippen LogP contribution in [0.1, 0.15) is 25.0 Å². The molecule has 0 aliphatic carbocycles. The quantitative estimate of drug-likeness (QED) is 0.721. The second-order valence-electron chi connectivity index (χ2n) is 7.60. The normalized spacial score (nSPS) is 21.2. The smallest absolute Gasteiger partial charge is 0.250 e. The number of thiocarbonyl (C=S) groups is 1. The summed E-state index contributed by atoms with van der Waals surface area (Å²) in [5.74, 6) is 0.564. The van der Waals surface area contributed by atoms with E-state index in [1.807, 2.05) is 35.8 Å². The van der Waals surface area contributed by atoms with Crippen molar-refractivity contribution in [2.75, 3.05) is 18.4 Å². The number of nitrogens with one attached hydrogen (secondary N) is 1. The first-order chi connectivity index (χ1) is 13.9. The van der Waals surface area contributed by atoms with E-state index in [2.05, 4.69) is 10.2 Å². The number of hydrogen-bond acceptors (Lipinski definition) is 4. The molecule has 1 saturated heterocycles. The van der Waals surface area contributed by atoms with Gasteiger partial charge in [0, 0.05) is 37.3 Å². The van der Waals surface area contributed by atoms with Gasteiger partial charge in [-0.1, -0.05) is 53.8 Å². The number of halogens is 1. The molecular weight excluding hydrogens is 426 g/mol. The number of carbonyl (C=O) groups excluding carboxylic acids is 1. The maximum Gasteiger partial charge on any atom is 0.250 e. The van der Waals surface area contributed by atoms with Gasteiger partial charge in [0.2, 0.25) is 5.91 Å². The highest BCUT2D eigenvalue weighted by Gasteiger charge is 2.35. The third kappa shape index (κ3) is 4.37. The van der Waals surface area contributed by atoms with Crippen LogP contribution in [0, 0.1) is 5.92 Å². The molecule has 1 amide bonds. The van der Waals surface area contributed by atoms with Crippen molar-refractivity contribution in [3.8, 4) is 0 Å². The average molecular weight is 448 g/mol. The molecule has 2 aromatic rings. The minimum absolute atomic E-state index is 0.0764. The van der Waals surface area contributed by atoms with Crippen LogP contribution in [0.15, 0.2) is 47.3 Å². The van der Waals surface area contributed by atoms with Gasteiger partial charge in [-0.05, 0) is 37.5 Å². The highest BCUT2D eigenvalue weighted by molar-refractivity contribution is 8.23. The van der Waals surface area contributed by atoms with Crippen molar-refractivity contribution in [1.82, 2.24) is 9.47 Å². The van der Waals surface area contributed by atoms with Gasteiger partial charge < -0.3 is 14.8 Å². The number of benzene rings is 1. The fourth-order valence-corrected chi connectivity index (χ4v) is 5.65. The number of hydrogen-bond donors (Lipinski definition) is 1. The Bertz CT molecular complexity index is 1010. The van der Waals surface area contributed by atoms with E-state index in [0.717, 1.165) is 36.1 Å².